The molecule has 2 rings (SSSR count). The molecule has 112 valence electrons. The molecule has 0 N–H and O–H groups in total. The second kappa shape index (κ2) is 8.23. The highest BCUT2D eigenvalue weighted by molar-refractivity contribution is 9.09. The van der Waals surface area contributed by atoms with Gasteiger partial charge in [0.25, 0.3) is 0 Å². The Bertz CT molecular complexity index is 548. The van der Waals surface area contributed by atoms with Crippen LogP contribution in [0.1, 0.15) is 23.6 Å². The van der Waals surface area contributed by atoms with Crippen LogP contribution in [0.4, 0.5) is 0 Å². The molecular weight excluding hydrogens is 324 g/mol. The third kappa shape index (κ3) is 4.60. The zero-order valence-corrected chi connectivity index (χ0v) is 14.4. The number of hydrogen-bond acceptors (Lipinski definition) is 1. The van der Waals surface area contributed by atoms with Gasteiger partial charge in [0.05, 0.1) is 7.11 Å². The fourth-order valence-corrected chi connectivity index (χ4v) is 3.07. The maximum atomic E-state index is 5.46. The van der Waals surface area contributed by atoms with Gasteiger partial charge in [-0.2, -0.15) is 0 Å². The van der Waals surface area contributed by atoms with E-state index in [0.717, 1.165) is 30.3 Å². The molecule has 0 radical (unpaired) electrons. The number of rotatable bonds is 7. The van der Waals surface area contributed by atoms with Crippen LogP contribution in [0.2, 0.25) is 0 Å². The van der Waals surface area contributed by atoms with Crippen LogP contribution in [0.25, 0.3) is 0 Å². The molecule has 0 bridgehead atoms. The van der Waals surface area contributed by atoms with Crippen LogP contribution >= 0.6 is 15.9 Å². The van der Waals surface area contributed by atoms with E-state index in [4.69, 9.17) is 4.74 Å². The highest BCUT2D eigenvalue weighted by Gasteiger charge is 2.12. The highest BCUT2D eigenvalue weighted by Crippen LogP contribution is 2.24. The molecule has 0 fully saturated rings. The van der Waals surface area contributed by atoms with Gasteiger partial charge in [0.2, 0.25) is 0 Å². The first-order valence-electron chi connectivity index (χ1n) is 7.52. The standard InChI is InChI=1S/C19H23BrO/c1-3-15-8-10-16(11-9-15)12-17(14-20)13-18-6-4-5-7-19(18)21-2/h4-11,17H,3,12-14H2,1-2H3. The second-order valence-corrected chi connectivity index (χ2v) is 6.06. The zero-order valence-electron chi connectivity index (χ0n) is 12.8. The van der Waals surface area contributed by atoms with Gasteiger partial charge in [-0.3, -0.25) is 0 Å². The van der Waals surface area contributed by atoms with Gasteiger partial charge >= 0.3 is 0 Å². The Morgan fingerprint density at radius 2 is 1.62 bits per heavy atom. The molecule has 0 saturated heterocycles. The minimum absolute atomic E-state index is 0.578. The van der Waals surface area contributed by atoms with Crippen molar-refractivity contribution in [3.8, 4) is 5.75 Å². The Balaban J connectivity index is 2.05. The Kier molecular flexibility index (Phi) is 6.31. The van der Waals surface area contributed by atoms with Crippen LogP contribution in [0.15, 0.2) is 48.5 Å². The molecule has 2 aromatic rings. The highest BCUT2D eigenvalue weighted by atomic mass is 79.9. The molecule has 1 atom stereocenters. The topological polar surface area (TPSA) is 9.23 Å². The molecule has 0 aromatic heterocycles. The van der Waals surface area contributed by atoms with Crippen LogP contribution < -0.4 is 4.74 Å². The number of ether oxygens (including phenoxy) is 1. The minimum Gasteiger partial charge on any atom is -0.496 e. The van der Waals surface area contributed by atoms with Gasteiger partial charge in [0.1, 0.15) is 5.75 Å². The molecular formula is C19H23BrO. The first kappa shape index (κ1) is 16.1. The lowest BCUT2D eigenvalue weighted by Gasteiger charge is -2.16. The van der Waals surface area contributed by atoms with E-state index >= 15 is 0 Å². The second-order valence-electron chi connectivity index (χ2n) is 5.41. The summed E-state index contributed by atoms with van der Waals surface area (Å²) >= 11 is 3.66. The molecule has 0 aliphatic carbocycles. The fourth-order valence-electron chi connectivity index (χ4n) is 2.61. The van der Waals surface area contributed by atoms with Crippen molar-refractivity contribution in [3.63, 3.8) is 0 Å². The number of alkyl halides is 1. The van der Waals surface area contributed by atoms with E-state index < -0.39 is 0 Å². The first-order chi connectivity index (χ1) is 10.3. The third-order valence-corrected chi connectivity index (χ3v) is 4.79. The zero-order chi connectivity index (χ0) is 15.1. The summed E-state index contributed by atoms with van der Waals surface area (Å²) in [5.41, 5.74) is 4.10. The third-order valence-electron chi connectivity index (χ3n) is 3.87. The van der Waals surface area contributed by atoms with Crippen molar-refractivity contribution in [1.29, 1.82) is 0 Å². The van der Waals surface area contributed by atoms with Gasteiger partial charge in [-0.25, -0.2) is 0 Å². The summed E-state index contributed by atoms with van der Waals surface area (Å²) in [4.78, 5) is 0. The Labute approximate surface area is 136 Å². The maximum absolute atomic E-state index is 5.46. The predicted octanol–water partition coefficient (Wildman–Crippen LogP) is 5.05. The number of hydrogen-bond donors (Lipinski definition) is 0. The number of aryl methyl sites for hydroxylation is 1. The fraction of sp³-hybridized carbons (Fsp3) is 0.368. The van der Waals surface area contributed by atoms with Gasteiger partial charge < -0.3 is 4.74 Å². The van der Waals surface area contributed by atoms with E-state index in [1.807, 2.05) is 12.1 Å². The summed E-state index contributed by atoms with van der Waals surface area (Å²) in [6.45, 7) is 2.19. The maximum Gasteiger partial charge on any atom is 0.122 e. The monoisotopic (exact) mass is 346 g/mol. The molecule has 0 aliphatic rings. The summed E-state index contributed by atoms with van der Waals surface area (Å²) in [6.07, 6.45) is 3.22. The van der Waals surface area contributed by atoms with Crippen molar-refractivity contribution in [2.75, 3.05) is 12.4 Å². The summed E-state index contributed by atoms with van der Waals surface area (Å²) in [6, 6.07) is 17.3. The van der Waals surface area contributed by atoms with Crippen molar-refractivity contribution in [3.05, 3.63) is 65.2 Å². The number of methoxy groups -OCH3 is 1. The largest absolute Gasteiger partial charge is 0.496 e. The summed E-state index contributed by atoms with van der Waals surface area (Å²) in [7, 11) is 1.74. The van der Waals surface area contributed by atoms with Gasteiger partial charge in [-0.05, 0) is 47.9 Å². The normalized spacial score (nSPS) is 12.1. The van der Waals surface area contributed by atoms with E-state index in [1.165, 1.54) is 16.7 Å². The molecule has 0 spiro atoms. The lowest BCUT2D eigenvalue weighted by atomic mass is 9.93. The van der Waals surface area contributed by atoms with Crippen molar-refractivity contribution < 1.29 is 4.74 Å². The van der Waals surface area contributed by atoms with Crippen LogP contribution in [0.5, 0.6) is 5.75 Å². The quantitative estimate of drug-likeness (QED) is 0.637. The van der Waals surface area contributed by atoms with Crippen LogP contribution in [-0.4, -0.2) is 12.4 Å². The molecule has 0 heterocycles. The molecule has 1 unspecified atom stereocenters. The first-order valence-corrected chi connectivity index (χ1v) is 8.64. The van der Waals surface area contributed by atoms with E-state index in [-0.39, 0.29) is 0 Å². The van der Waals surface area contributed by atoms with Crippen molar-refractivity contribution >= 4 is 15.9 Å². The average Bonchev–Trinajstić information content (AvgIpc) is 2.55. The van der Waals surface area contributed by atoms with Crippen LogP contribution in [-0.2, 0) is 19.3 Å². The molecule has 0 aliphatic heterocycles. The Morgan fingerprint density at radius 3 is 2.24 bits per heavy atom. The van der Waals surface area contributed by atoms with Gasteiger partial charge in [0.15, 0.2) is 0 Å². The van der Waals surface area contributed by atoms with E-state index in [1.54, 1.807) is 7.11 Å². The summed E-state index contributed by atoms with van der Waals surface area (Å²) < 4.78 is 5.46. The molecule has 0 saturated carbocycles. The molecule has 0 amide bonds. The lowest BCUT2D eigenvalue weighted by Crippen LogP contribution is -2.10. The summed E-state index contributed by atoms with van der Waals surface area (Å²) in [5.74, 6) is 1.57. The van der Waals surface area contributed by atoms with Gasteiger partial charge in [0, 0.05) is 5.33 Å². The molecule has 2 aromatic carbocycles. The minimum atomic E-state index is 0.578. The smallest absolute Gasteiger partial charge is 0.122 e. The van der Waals surface area contributed by atoms with Crippen LogP contribution in [0, 0.1) is 5.92 Å². The van der Waals surface area contributed by atoms with E-state index in [2.05, 4.69) is 59.3 Å². The van der Waals surface area contributed by atoms with Gasteiger partial charge in [-0.1, -0.05) is 65.3 Å². The predicted molar refractivity (Wildman–Crippen MR) is 93.5 cm³/mol. The molecule has 1 nitrogen and oxygen atoms in total. The van der Waals surface area contributed by atoms with Crippen molar-refractivity contribution in [1.82, 2.24) is 0 Å². The Hall–Kier alpha value is -1.28. The van der Waals surface area contributed by atoms with E-state index in [0.29, 0.717) is 5.92 Å². The van der Waals surface area contributed by atoms with Crippen molar-refractivity contribution in [2.45, 2.75) is 26.2 Å². The number of halogens is 1. The van der Waals surface area contributed by atoms with E-state index in [9.17, 15) is 0 Å². The average molecular weight is 347 g/mol. The number of benzene rings is 2. The molecule has 2 heteroatoms. The summed E-state index contributed by atoms with van der Waals surface area (Å²) in [5, 5.41) is 1.00. The SMILES string of the molecule is CCc1ccc(CC(CBr)Cc2ccccc2OC)cc1. The van der Waals surface area contributed by atoms with Crippen molar-refractivity contribution in [2.24, 2.45) is 5.92 Å². The van der Waals surface area contributed by atoms with Crippen LogP contribution in [0.3, 0.4) is 0 Å². The number of para-hydroxylation sites is 1. The van der Waals surface area contributed by atoms with Gasteiger partial charge in [-0.15, -0.1) is 0 Å². The Morgan fingerprint density at radius 1 is 0.952 bits per heavy atom. The molecule has 21 heavy (non-hydrogen) atoms. The lowest BCUT2D eigenvalue weighted by molar-refractivity contribution is 0.406.